The molecule has 3 nitrogen and oxygen atoms in total. The average Bonchev–Trinajstić information content (AvgIpc) is 2.89. The second-order valence-electron chi connectivity index (χ2n) is 5.31. The topological polar surface area (TPSA) is 49.7 Å². The number of hydrogen-bond acceptors (Lipinski definition) is 3. The monoisotopic (exact) mass is 270 g/mol. The number of ether oxygens (including phenoxy) is 1. The van der Waals surface area contributed by atoms with Crippen LogP contribution >= 0.6 is 0 Å². The summed E-state index contributed by atoms with van der Waals surface area (Å²) in [4.78, 5) is 0. The molecule has 1 aliphatic carbocycles. The van der Waals surface area contributed by atoms with E-state index in [0.29, 0.717) is 5.75 Å². The smallest absolute Gasteiger partial charge is 0.119 e. The largest absolute Gasteiger partial charge is 0.508 e. The van der Waals surface area contributed by atoms with Gasteiger partial charge in [0, 0.05) is 17.0 Å². The predicted octanol–water partition coefficient (Wildman–Crippen LogP) is 3.49. The number of fused-ring (bicyclic) bond motifs is 1. The lowest BCUT2D eigenvalue weighted by Crippen LogP contribution is -1.99. The summed E-state index contributed by atoms with van der Waals surface area (Å²) in [7, 11) is 1.61. The Hall–Kier alpha value is -2.16. The Morgan fingerprint density at radius 2 is 1.85 bits per heavy atom. The second-order valence-corrected chi connectivity index (χ2v) is 5.31. The maximum atomic E-state index is 10.2. The Labute approximate surface area is 118 Å². The van der Waals surface area contributed by atoms with Gasteiger partial charge in [-0.3, -0.25) is 0 Å². The summed E-state index contributed by atoms with van der Waals surface area (Å²) in [6.07, 6.45) is 1.82. The molecule has 0 aromatic heterocycles. The molecule has 3 heteroatoms. The molecule has 0 fully saturated rings. The molecule has 0 saturated heterocycles. The van der Waals surface area contributed by atoms with Crippen LogP contribution in [0.1, 0.15) is 34.6 Å². The standard InChI is InChI=1S/C17H18O3/c1-10-3-7-16(19)17-12(10)5-6-13(17)14-9-11(20-2)4-8-15(14)18/h3-4,7-9,13,18-19H,5-6H2,1-2H3. The van der Waals surface area contributed by atoms with Crippen molar-refractivity contribution in [1.29, 1.82) is 0 Å². The summed E-state index contributed by atoms with van der Waals surface area (Å²) in [6, 6.07) is 8.94. The van der Waals surface area contributed by atoms with Gasteiger partial charge in [-0.05, 0) is 55.2 Å². The fraction of sp³-hybridized carbons (Fsp3) is 0.294. The van der Waals surface area contributed by atoms with Crippen LogP contribution in [0.3, 0.4) is 0 Å². The van der Waals surface area contributed by atoms with Crippen LogP contribution < -0.4 is 4.74 Å². The van der Waals surface area contributed by atoms with Gasteiger partial charge in [-0.2, -0.15) is 0 Å². The van der Waals surface area contributed by atoms with Crippen LogP contribution in [0.2, 0.25) is 0 Å². The van der Waals surface area contributed by atoms with Gasteiger partial charge < -0.3 is 14.9 Å². The highest BCUT2D eigenvalue weighted by atomic mass is 16.5. The fourth-order valence-electron chi connectivity index (χ4n) is 3.16. The minimum Gasteiger partial charge on any atom is -0.508 e. The Bertz CT molecular complexity index is 662. The third kappa shape index (κ3) is 1.90. The molecule has 2 aromatic carbocycles. The first-order valence-electron chi connectivity index (χ1n) is 6.80. The van der Waals surface area contributed by atoms with Crippen molar-refractivity contribution in [2.75, 3.05) is 7.11 Å². The van der Waals surface area contributed by atoms with Crippen molar-refractivity contribution in [2.45, 2.75) is 25.7 Å². The lowest BCUT2D eigenvalue weighted by Gasteiger charge is -2.16. The zero-order valence-electron chi connectivity index (χ0n) is 11.7. The molecule has 3 rings (SSSR count). The van der Waals surface area contributed by atoms with E-state index >= 15 is 0 Å². The van der Waals surface area contributed by atoms with E-state index in [0.717, 1.165) is 29.7 Å². The van der Waals surface area contributed by atoms with E-state index in [2.05, 4.69) is 6.92 Å². The van der Waals surface area contributed by atoms with E-state index < -0.39 is 0 Å². The number of methoxy groups -OCH3 is 1. The molecule has 0 spiro atoms. The van der Waals surface area contributed by atoms with E-state index in [-0.39, 0.29) is 11.7 Å². The van der Waals surface area contributed by atoms with E-state index in [4.69, 9.17) is 4.74 Å². The van der Waals surface area contributed by atoms with Crippen LogP contribution in [0.4, 0.5) is 0 Å². The van der Waals surface area contributed by atoms with Crippen molar-refractivity contribution in [3.63, 3.8) is 0 Å². The van der Waals surface area contributed by atoms with Crippen molar-refractivity contribution in [3.8, 4) is 17.2 Å². The lowest BCUT2D eigenvalue weighted by atomic mass is 9.90. The molecule has 0 heterocycles. The lowest BCUT2D eigenvalue weighted by molar-refractivity contribution is 0.409. The van der Waals surface area contributed by atoms with Crippen LogP contribution in [0.25, 0.3) is 0 Å². The average molecular weight is 270 g/mol. The Morgan fingerprint density at radius 3 is 2.60 bits per heavy atom. The first-order chi connectivity index (χ1) is 9.61. The molecule has 1 aliphatic rings. The first kappa shape index (κ1) is 12.9. The highest BCUT2D eigenvalue weighted by Gasteiger charge is 2.30. The van der Waals surface area contributed by atoms with Gasteiger partial charge in [0.25, 0.3) is 0 Å². The number of aryl methyl sites for hydroxylation is 1. The molecule has 1 unspecified atom stereocenters. The fourth-order valence-corrected chi connectivity index (χ4v) is 3.16. The quantitative estimate of drug-likeness (QED) is 0.878. The maximum Gasteiger partial charge on any atom is 0.119 e. The van der Waals surface area contributed by atoms with Crippen molar-refractivity contribution >= 4 is 0 Å². The third-order valence-corrected chi connectivity index (χ3v) is 4.21. The molecule has 0 saturated carbocycles. The molecule has 20 heavy (non-hydrogen) atoms. The Balaban J connectivity index is 2.14. The highest BCUT2D eigenvalue weighted by Crippen LogP contribution is 2.47. The summed E-state index contributed by atoms with van der Waals surface area (Å²) in [5.41, 5.74) is 4.18. The number of phenols is 2. The first-order valence-corrected chi connectivity index (χ1v) is 6.80. The maximum absolute atomic E-state index is 10.2. The van der Waals surface area contributed by atoms with Gasteiger partial charge in [0.15, 0.2) is 0 Å². The van der Waals surface area contributed by atoms with Gasteiger partial charge in [0.1, 0.15) is 17.2 Å². The zero-order valence-corrected chi connectivity index (χ0v) is 11.7. The number of aromatic hydroxyl groups is 2. The normalized spacial score (nSPS) is 17.0. The molecular formula is C17H18O3. The molecule has 0 amide bonds. The molecule has 0 aliphatic heterocycles. The van der Waals surface area contributed by atoms with E-state index in [1.165, 1.54) is 11.1 Å². The van der Waals surface area contributed by atoms with Crippen molar-refractivity contribution < 1.29 is 14.9 Å². The molecule has 0 radical (unpaired) electrons. The van der Waals surface area contributed by atoms with Crippen LogP contribution in [0, 0.1) is 6.92 Å². The van der Waals surface area contributed by atoms with Crippen LogP contribution in [-0.4, -0.2) is 17.3 Å². The molecule has 2 N–H and O–H groups in total. The Morgan fingerprint density at radius 1 is 1.10 bits per heavy atom. The summed E-state index contributed by atoms with van der Waals surface area (Å²) in [5.74, 6) is 1.32. The van der Waals surface area contributed by atoms with Crippen LogP contribution in [0.15, 0.2) is 30.3 Å². The van der Waals surface area contributed by atoms with Gasteiger partial charge in [-0.15, -0.1) is 0 Å². The Kier molecular flexibility index (Phi) is 3.05. The molecule has 1 atom stereocenters. The van der Waals surface area contributed by atoms with Gasteiger partial charge in [0.05, 0.1) is 7.11 Å². The van der Waals surface area contributed by atoms with Gasteiger partial charge >= 0.3 is 0 Å². The van der Waals surface area contributed by atoms with Crippen molar-refractivity contribution in [1.82, 2.24) is 0 Å². The minimum atomic E-state index is 0.0278. The van der Waals surface area contributed by atoms with Gasteiger partial charge in [-0.1, -0.05) is 6.07 Å². The number of benzene rings is 2. The molecule has 0 bridgehead atoms. The van der Waals surface area contributed by atoms with E-state index in [9.17, 15) is 10.2 Å². The SMILES string of the molecule is COc1ccc(O)c(C2CCc3c(C)ccc(O)c32)c1. The second kappa shape index (κ2) is 4.75. The molecular weight excluding hydrogens is 252 g/mol. The zero-order chi connectivity index (χ0) is 14.3. The van der Waals surface area contributed by atoms with Crippen molar-refractivity contribution in [3.05, 3.63) is 52.6 Å². The van der Waals surface area contributed by atoms with Gasteiger partial charge in [0.2, 0.25) is 0 Å². The highest BCUT2D eigenvalue weighted by molar-refractivity contribution is 5.56. The van der Waals surface area contributed by atoms with Gasteiger partial charge in [-0.25, -0.2) is 0 Å². The predicted molar refractivity (Wildman–Crippen MR) is 77.7 cm³/mol. The summed E-state index contributed by atoms with van der Waals surface area (Å²) < 4.78 is 5.24. The third-order valence-electron chi connectivity index (χ3n) is 4.21. The number of hydrogen-bond donors (Lipinski definition) is 2. The minimum absolute atomic E-state index is 0.0278. The van der Waals surface area contributed by atoms with Crippen LogP contribution in [-0.2, 0) is 6.42 Å². The summed E-state index contributed by atoms with van der Waals surface area (Å²) in [5, 5.41) is 20.3. The number of rotatable bonds is 2. The number of phenolic OH excluding ortho intramolecular Hbond substituents is 2. The van der Waals surface area contributed by atoms with E-state index in [1.807, 2.05) is 12.1 Å². The van der Waals surface area contributed by atoms with Crippen LogP contribution in [0.5, 0.6) is 17.2 Å². The molecule has 2 aromatic rings. The summed E-state index contributed by atoms with van der Waals surface area (Å²) in [6.45, 7) is 2.06. The van der Waals surface area contributed by atoms with E-state index in [1.54, 1.807) is 25.3 Å². The molecule has 104 valence electrons. The summed E-state index contributed by atoms with van der Waals surface area (Å²) >= 11 is 0. The van der Waals surface area contributed by atoms with Crippen molar-refractivity contribution in [2.24, 2.45) is 0 Å².